The molecule has 6 nitrogen and oxygen atoms in total. The van der Waals surface area contributed by atoms with Gasteiger partial charge in [0.25, 0.3) is 5.56 Å². The van der Waals surface area contributed by atoms with Gasteiger partial charge in [-0.25, -0.2) is 4.98 Å². The van der Waals surface area contributed by atoms with Gasteiger partial charge in [-0.3, -0.25) is 9.48 Å². The van der Waals surface area contributed by atoms with Crippen molar-refractivity contribution in [3.8, 4) is 16.9 Å². The van der Waals surface area contributed by atoms with Gasteiger partial charge < -0.3 is 10.1 Å². The maximum Gasteiger partial charge on any atom is 0.435 e. The van der Waals surface area contributed by atoms with Crippen molar-refractivity contribution in [1.29, 1.82) is 0 Å². The molecule has 3 rings (SSSR count). The highest BCUT2D eigenvalue weighted by Gasteiger charge is 2.38. The normalized spacial score (nSPS) is 12.0. The maximum atomic E-state index is 13.2. The van der Waals surface area contributed by atoms with E-state index >= 15 is 0 Å². The number of phenols is 1. The number of halogens is 3. The number of aryl methyl sites for hydroxylation is 1. The van der Waals surface area contributed by atoms with Crippen LogP contribution in [0.2, 0.25) is 0 Å². The van der Waals surface area contributed by atoms with Crippen LogP contribution in [-0.2, 0) is 13.2 Å². The molecule has 3 aromatic rings. The van der Waals surface area contributed by atoms with Crippen LogP contribution in [0.4, 0.5) is 13.2 Å². The van der Waals surface area contributed by atoms with Crippen molar-refractivity contribution in [2.45, 2.75) is 13.1 Å². The van der Waals surface area contributed by atoms with Crippen LogP contribution < -0.4 is 5.56 Å². The molecule has 0 aliphatic carbocycles. The number of hydrogen-bond donors (Lipinski definition) is 2. The van der Waals surface area contributed by atoms with E-state index in [9.17, 15) is 23.1 Å². The highest BCUT2D eigenvalue weighted by Crippen LogP contribution is 2.39. The Kier molecular flexibility index (Phi) is 3.17. The molecule has 1 aromatic carbocycles. The van der Waals surface area contributed by atoms with Crippen LogP contribution in [0.25, 0.3) is 22.0 Å². The Morgan fingerprint density at radius 2 is 2.00 bits per heavy atom. The van der Waals surface area contributed by atoms with E-state index < -0.39 is 17.4 Å². The molecule has 2 N–H and O–H groups in total. The largest absolute Gasteiger partial charge is 0.506 e. The standard InChI is InChI=1S/C14H11F3N4O2/c1-6-10(12(14(15,16)17)20-21(6)2)7-3-8-11(9(22)4-7)18-5-19-13(8)23/h3-5,22H,1-2H3,(H,18,19,23). The molecular formula is C14H11F3N4O2. The van der Waals surface area contributed by atoms with Crippen molar-refractivity contribution in [2.75, 3.05) is 0 Å². The third kappa shape index (κ3) is 2.33. The predicted molar refractivity (Wildman–Crippen MR) is 76.0 cm³/mol. The molecule has 9 heteroatoms. The summed E-state index contributed by atoms with van der Waals surface area (Å²) >= 11 is 0. The zero-order chi connectivity index (χ0) is 16.9. The number of aromatic nitrogens is 4. The molecule has 0 saturated heterocycles. The first-order valence-corrected chi connectivity index (χ1v) is 6.51. The second kappa shape index (κ2) is 4.83. The predicted octanol–water partition coefficient (Wildman–Crippen LogP) is 2.36. The minimum Gasteiger partial charge on any atom is -0.506 e. The summed E-state index contributed by atoms with van der Waals surface area (Å²) in [6.07, 6.45) is -3.55. The Hall–Kier alpha value is -2.84. The van der Waals surface area contributed by atoms with Gasteiger partial charge >= 0.3 is 6.18 Å². The van der Waals surface area contributed by atoms with E-state index in [4.69, 9.17) is 0 Å². The van der Waals surface area contributed by atoms with Crippen molar-refractivity contribution in [2.24, 2.45) is 7.05 Å². The smallest absolute Gasteiger partial charge is 0.435 e. The summed E-state index contributed by atoms with van der Waals surface area (Å²) in [6.45, 7) is 1.48. The molecule has 0 bridgehead atoms. The molecule has 0 spiro atoms. The molecule has 0 amide bonds. The van der Waals surface area contributed by atoms with Crippen LogP contribution in [0, 0.1) is 6.92 Å². The van der Waals surface area contributed by atoms with Gasteiger partial charge in [-0.1, -0.05) is 0 Å². The Morgan fingerprint density at radius 1 is 1.30 bits per heavy atom. The second-order valence-electron chi connectivity index (χ2n) is 5.05. The lowest BCUT2D eigenvalue weighted by Crippen LogP contribution is -2.09. The number of aromatic hydroxyl groups is 1. The van der Waals surface area contributed by atoms with Crippen molar-refractivity contribution >= 4 is 10.9 Å². The number of nitrogens with one attached hydrogen (secondary N) is 1. The summed E-state index contributed by atoms with van der Waals surface area (Å²) in [5.41, 5.74) is -1.48. The lowest BCUT2D eigenvalue weighted by Gasteiger charge is -2.09. The topological polar surface area (TPSA) is 83.8 Å². The molecule has 0 aliphatic rings. The third-order valence-electron chi connectivity index (χ3n) is 3.61. The van der Waals surface area contributed by atoms with Crippen molar-refractivity contribution < 1.29 is 18.3 Å². The number of aromatic amines is 1. The van der Waals surface area contributed by atoms with E-state index in [0.29, 0.717) is 0 Å². The molecule has 0 radical (unpaired) electrons. The number of phenolic OH excluding ortho intramolecular Hbond substituents is 1. The average Bonchev–Trinajstić information content (AvgIpc) is 2.76. The Labute approximate surface area is 127 Å². The monoisotopic (exact) mass is 324 g/mol. The van der Waals surface area contributed by atoms with E-state index in [0.717, 1.165) is 17.1 Å². The summed E-state index contributed by atoms with van der Waals surface area (Å²) in [7, 11) is 1.39. The lowest BCUT2D eigenvalue weighted by atomic mass is 10.0. The fourth-order valence-electron chi connectivity index (χ4n) is 2.46. The summed E-state index contributed by atoms with van der Waals surface area (Å²) < 4.78 is 40.7. The molecule has 0 fully saturated rings. The van der Waals surface area contributed by atoms with Crippen LogP contribution in [0.1, 0.15) is 11.4 Å². The minimum atomic E-state index is -4.66. The lowest BCUT2D eigenvalue weighted by molar-refractivity contribution is -0.140. The number of H-pyrrole nitrogens is 1. The molecular weight excluding hydrogens is 313 g/mol. The molecule has 0 atom stereocenters. The first kappa shape index (κ1) is 15.1. The zero-order valence-electron chi connectivity index (χ0n) is 12.1. The Morgan fingerprint density at radius 3 is 2.65 bits per heavy atom. The van der Waals surface area contributed by atoms with Gasteiger partial charge in [-0.05, 0) is 24.6 Å². The van der Waals surface area contributed by atoms with Crippen molar-refractivity contribution in [3.63, 3.8) is 0 Å². The fourth-order valence-corrected chi connectivity index (χ4v) is 2.46. The summed E-state index contributed by atoms with van der Waals surface area (Å²) in [5, 5.41) is 13.5. The summed E-state index contributed by atoms with van der Waals surface area (Å²) in [6, 6.07) is 2.41. The molecule has 0 unspecified atom stereocenters. The van der Waals surface area contributed by atoms with Gasteiger partial charge in [0.2, 0.25) is 0 Å². The number of benzene rings is 1. The Balaban J connectivity index is 2.39. The quantitative estimate of drug-likeness (QED) is 0.720. The van der Waals surface area contributed by atoms with Gasteiger partial charge in [0, 0.05) is 18.3 Å². The van der Waals surface area contributed by atoms with Crippen LogP contribution in [0.3, 0.4) is 0 Å². The first-order valence-electron chi connectivity index (χ1n) is 6.51. The SMILES string of the molecule is Cc1c(-c2cc(O)c3nc[nH]c(=O)c3c2)c(C(F)(F)F)nn1C. The molecule has 23 heavy (non-hydrogen) atoms. The molecule has 0 saturated carbocycles. The number of nitrogens with zero attached hydrogens (tertiary/aromatic N) is 3. The van der Waals surface area contributed by atoms with E-state index in [1.54, 1.807) is 0 Å². The van der Waals surface area contributed by atoms with Crippen LogP contribution in [0.15, 0.2) is 23.3 Å². The number of alkyl halides is 3. The van der Waals surface area contributed by atoms with E-state index in [2.05, 4.69) is 15.1 Å². The molecule has 120 valence electrons. The molecule has 0 aliphatic heterocycles. The van der Waals surface area contributed by atoms with E-state index in [1.165, 1.54) is 20.0 Å². The first-order chi connectivity index (χ1) is 10.7. The minimum absolute atomic E-state index is 0.00104. The zero-order valence-corrected chi connectivity index (χ0v) is 12.1. The van der Waals surface area contributed by atoms with E-state index in [1.807, 2.05) is 0 Å². The maximum absolute atomic E-state index is 13.2. The van der Waals surface area contributed by atoms with Gasteiger partial charge in [-0.15, -0.1) is 0 Å². The second-order valence-corrected chi connectivity index (χ2v) is 5.05. The van der Waals surface area contributed by atoms with Gasteiger partial charge in [0.05, 0.1) is 11.7 Å². The average molecular weight is 324 g/mol. The van der Waals surface area contributed by atoms with E-state index in [-0.39, 0.29) is 33.5 Å². The van der Waals surface area contributed by atoms with Crippen LogP contribution in [-0.4, -0.2) is 24.9 Å². The third-order valence-corrected chi connectivity index (χ3v) is 3.61. The number of fused-ring (bicyclic) bond motifs is 1. The molecule has 2 heterocycles. The van der Waals surface area contributed by atoms with Gasteiger partial charge in [-0.2, -0.15) is 18.3 Å². The van der Waals surface area contributed by atoms with Crippen LogP contribution in [0.5, 0.6) is 5.75 Å². The number of rotatable bonds is 1. The Bertz CT molecular complexity index is 973. The van der Waals surface area contributed by atoms with Gasteiger partial charge in [0.15, 0.2) is 5.69 Å². The summed E-state index contributed by atoms with van der Waals surface area (Å²) in [5.74, 6) is -0.375. The highest BCUT2D eigenvalue weighted by molar-refractivity contribution is 5.89. The van der Waals surface area contributed by atoms with Crippen molar-refractivity contribution in [3.05, 3.63) is 40.2 Å². The van der Waals surface area contributed by atoms with Crippen LogP contribution >= 0.6 is 0 Å². The molecule has 2 aromatic heterocycles. The van der Waals surface area contributed by atoms with Crippen molar-refractivity contribution in [1.82, 2.24) is 19.7 Å². The van der Waals surface area contributed by atoms with Gasteiger partial charge in [0.1, 0.15) is 11.3 Å². The number of hydrogen-bond acceptors (Lipinski definition) is 4. The summed E-state index contributed by atoms with van der Waals surface area (Å²) in [4.78, 5) is 18.0. The fraction of sp³-hybridized carbons (Fsp3) is 0.214. The highest BCUT2D eigenvalue weighted by atomic mass is 19.4.